The van der Waals surface area contributed by atoms with E-state index < -0.39 is 137 Å². The molecule has 448 valence electrons. The lowest BCUT2D eigenvalue weighted by Gasteiger charge is -2.35. The Labute approximate surface area is 482 Å². The predicted molar refractivity (Wildman–Crippen MR) is 306 cm³/mol. The third kappa shape index (κ3) is 14.9. The first kappa shape index (κ1) is 62.5. The quantitative estimate of drug-likeness (QED) is 0.172. The molecule has 0 radical (unpaired) electrons. The molecule has 0 aliphatic carbocycles. The normalized spacial score (nSPS) is 28.8. The predicted octanol–water partition coefficient (Wildman–Crippen LogP) is 2.86. The number of amides is 10. The van der Waals surface area contributed by atoms with Gasteiger partial charge in [-0.05, 0) is 105 Å². The van der Waals surface area contributed by atoms with Gasteiger partial charge in [0.1, 0.15) is 66.2 Å². The van der Waals surface area contributed by atoms with Crippen molar-refractivity contribution < 1.29 is 53.1 Å². The number of hydrogen-bond acceptors (Lipinski definition) is 11. The molecule has 5 aliphatic heterocycles. The van der Waals surface area contributed by atoms with E-state index in [9.17, 15) is 53.1 Å². The molecule has 5 heterocycles. The van der Waals surface area contributed by atoms with Gasteiger partial charge < -0.3 is 56.6 Å². The summed E-state index contributed by atoms with van der Waals surface area (Å²) in [6.07, 6.45) is 4.15. The molecule has 0 aromatic heterocycles. The number of fused-ring (bicyclic) bond motifs is 4. The number of phenolic OH excluding ortho intramolecular Hbond substituents is 1. The van der Waals surface area contributed by atoms with E-state index in [0.29, 0.717) is 68.9 Å². The molecule has 5 saturated heterocycles. The molecule has 7 rings (SSSR count). The minimum Gasteiger partial charge on any atom is -0.508 e. The number of carbonyl (C=O) groups is 10. The van der Waals surface area contributed by atoms with Gasteiger partial charge >= 0.3 is 0 Å². The van der Waals surface area contributed by atoms with Crippen molar-refractivity contribution in [2.75, 3.05) is 26.2 Å². The Hall–Kier alpha value is -7.06. The van der Waals surface area contributed by atoms with Crippen LogP contribution in [-0.2, 0) is 60.8 Å². The van der Waals surface area contributed by atoms with Crippen molar-refractivity contribution in [2.24, 2.45) is 23.7 Å². The summed E-state index contributed by atoms with van der Waals surface area (Å²) >= 11 is 0. The summed E-state index contributed by atoms with van der Waals surface area (Å²) in [6.45, 7) is 15.5. The molecule has 2 unspecified atom stereocenters. The van der Waals surface area contributed by atoms with Gasteiger partial charge in [0, 0.05) is 39.0 Å². The molecule has 0 bridgehead atoms. The van der Waals surface area contributed by atoms with E-state index in [1.165, 1.54) is 31.7 Å². The number of aromatic hydroxyl groups is 1. The maximum atomic E-state index is 15.0. The number of phenols is 1. The first-order chi connectivity index (χ1) is 39.1. The lowest BCUT2D eigenvalue weighted by molar-refractivity contribution is -0.149. The highest BCUT2D eigenvalue weighted by atomic mass is 16.3. The average molecular weight is 1140 g/mol. The molecule has 10 amide bonds. The summed E-state index contributed by atoms with van der Waals surface area (Å²) in [6, 6.07) is 4.18. The molecule has 82 heavy (non-hydrogen) atoms. The smallest absolute Gasteiger partial charge is 0.246 e. The number of nitrogens with one attached hydrogen (secondary N) is 6. The van der Waals surface area contributed by atoms with Gasteiger partial charge in [0.05, 0.1) is 0 Å². The first-order valence-corrected chi connectivity index (χ1v) is 30.0. The Morgan fingerprint density at radius 3 is 1.30 bits per heavy atom. The van der Waals surface area contributed by atoms with Crippen molar-refractivity contribution in [3.63, 3.8) is 0 Å². The van der Waals surface area contributed by atoms with E-state index >= 15 is 0 Å². The van der Waals surface area contributed by atoms with Gasteiger partial charge in [-0.25, -0.2) is 0 Å². The fourth-order valence-electron chi connectivity index (χ4n) is 12.2. The van der Waals surface area contributed by atoms with Crippen LogP contribution < -0.4 is 31.9 Å². The molecule has 7 N–H and O–H groups in total. The highest BCUT2D eigenvalue weighted by molar-refractivity contribution is 6.00. The van der Waals surface area contributed by atoms with Gasteiger partial charge in [0.2, 0.25) is 59.1 Å². The lowest BCUT2D eigenvalue weighted by atomic mass is 9.96. The van der Waals surface area contributed by atoms with Crippen molar-refractivity contribution in [1.82, 2.24) is 51.5 Å². The molecule has 21 heteroatoms. The number of hydrogen-bond donors (Lipinski definition) is 7. The third-order valence-corrected chi connectivity index (χ3v) is 17.4. The van der Waals surface area contributed by atoms with Gasteiger partial charge in [0.15, 0.2) is 0 Å². The Balaban J connectivity index is 1.26. The van der Waals surface area contributed by atoms with E-state index in [1.54, 1.807) is 57.2 Å². The van der Waals surface area contributed by atoms with Crippen LogP contribution >= 0.6 is 0 Å². The van der Waals surface area contributed by atoms with Crippen LogP contribution in [0.3, 0.4) is 0 Å². The summed E-state index contributed by atoms with van der Waals surface area (Å²) in [4.78, 5) is 153. The monoisotopic (exact) mass is 1140 g/mol. The Bertz CT molecular complexity index is 2630. The van der Waals surface area contributed by atoms with Crippen molar-refractivity contribution in [2.45, 2.75) is 199 Å². The zero-order valence-corrected chi connectivity index (χ0v) is 49.1. The second-order valence-electron chi connectivity index (χ2n) is 24.1. The van der Waals surface area contributed by atoms with Crippen LogP contribution in [0.2, 0.25) is 0 Å². The van der Waals surface area contributed by atoms with Crippen LogP contribution in [0.1, 0.15) is 137 Å². The second kappa shape index (κ2) is 28.3. The number of carbonyl (C=O) groups excluding carboxylic acids is 10. The van der Waals surface area contributed by atoms with E-state index in [2.05, 4.69) is 31.9 Å². The molecule has 5 fully saturated rings. The van der Waals surface area contributed by atoms with Gasteiger partial charge in [-0.3, -0.25) is 47.9 Å². The summed E-state index contributed by atoms with van der Waals surface area (Å²) in [5, 5.41) is 27.6. The van der Waals surface area contributed by atoms with Crippen LogP contribution in [0.4, 0.5) is 0 Å². The van der Waals surface area contributed by atoms with E-state index in [-0.39, 0.29) is 63.5 Å². The summed E-state index contributed by atoms with van der Waals surface area (Å²) in [7, 11) is 0. The topological polar surface area (TPSA) is 276 Å². The fourth-order valence-corrected chi connectivity index (χ4v) is 12.2. The SMILES string of the molecule is CCC(C)[C@H]1NC(=O)[C@@H]2CCCN2C(=O)[C@@H]2CCCN2C(=O)C([C@@H](C)CC)NC(=O)[C@H](Cc2ccc(O)cc2)NC(=O)[C@@H]2CCCN2C(=O)[C@@H]2CCCN2C(=O)[C@H](CC(C)C)NC(=O)[C@H](C(C)C)NC(=O)[C@H](Cc2ccccc2)NC1=O. The van der Waals surface area contributed by atoms with Crippen molar-refractivity contribution in [3.8, 4) is 5.75 Å². The van der Waals surface area contributed by atoms with Crippen molar-refractivity contribution >= 4 is 59.1 Å². The molecule has 21 nitrogen and oxygen atoms in total. The number of rotatable bonds is 11. The van der Waals surface area contributed by atoms with Crippen LogP contribution in [0.25, 0.3) is 0 Å². The standard InChI is InChI=1S/C61H88N10O11/c1-9-37(7)50-57(78)63-43(33-39-18-12-11-13-19-39)52(73)65-49(36(5)6)56(77)64-44(32-35(3)4)58(79)70-30-16-22-47(70)59(80)68-28-14-20-45(68)54(75)62-42(34-40-24-26-41(72)27-25-40)53(74)67-51(38(8)10-2)61(82)71-31-17-23-48(71)60(81)69-29-15-21-46(69)55(76)66-50/h11-13,18-19,24-27,35-38,42-51,72H,9-10,14-17,20-23,28-34H2,1-8H3,(H,62,75)(H,63,78)(H,64,77)(H,65,73)(H,66,76)(H,67,74)/t37?,38-,42-,43-,44-,45-,46-,47-,48-,49-,50+,51?/m0/s1. The molecule has 5 aliphatic rings. The molecule has 0 saturated carbocycles. The molecule has 0 spiro atoms. The van der Waals surface area contributed by atoms with E-state index in [4.69, 9.17) is 0 Å². The minimum absolute atomic E-state index is 0.00641. The van der Waals surface area contributed by atoms with Gasteiger partial charge in [-0.1, -0.05) is 111 Å². The van der Waals surface area contributed by atoms with Gasteiger partial charge in [-0.2, -0.15) is 0 Å². The minimum atomic E-state index is -1.27. The van der Waals surface area contributed by atoms with Crippen LogP contribution in [0.5, 0.6) is 5.75 Å². The fraction of sp³-hybridized carbons (Fsp3) is 0.639. The van der Waals surface area contributed by atoms with Crippen LogP contribution in [-0.4, -0.2) is 170 Å². The molecule has 2 aromatic rings. The molecule has 2 aromatic carbocycles. The third-order valence-electron chi connectivity index (χ3n) is 17.4. The molecular formula is C61H88N10O11. The summed E-state index contributed by atoms with van der Waals surface area (Å²) in [5.41, 5.74) is 1.30. The zero-order valence-electron chi connectivity index (χ0n) is 49.1. The van der Waals surface area contributed by atoms with Gasteiger partial charge in [0.25, 0.3) is 0 Å². The van der Waals surface area contributed by atoms with Crippen LogP contribution in [0, 0.1) is 23.7 Å². The van der Waals surface area contributed by atoms with E-state index in [1.807, 2.05) is 40.7 Å². The highest BCUT2D eigenvalue weighted by Gasteiger charge is 2.48. The Kier molecular flexibility index (Phi) is 21.6. The van der Waals surface area contributed by atoms with E-state index in [0.717, 1.165) is 0 Å². The summed E-state index contributed by atoms with van der Waals surface area (Å²) in [5.74, 6) is -7.15. The Morgan fingerprint density at radius 1 is 0.427 bits per heavy atom. The molecule has 12 atom stereocenters. The second-order valence-corrected chi connectivity index (χ2v) is 24.1. The maximum absolute atomic E-state index is 15.0. The Morgan fingerprint density at radius 2 is 0.817 bits per heavy atom. The largest absolute Gasteiger partial charge is 0.508 e. The zero-order chi connectivity index (χ0) is 59.5. The number of benzene rings is 2. The summed E-state index contributed by atoms with van der Waals surface area (Å²) < 4.78 is 0. The van der Waals surface area contributed by atoms with Crippen molar-refractivity contribution in [1.29, 1.82) is 0 Å². The van der Waals surface area contributed by atoms with Crippen molar-refractivity contribution in [3.05, 3.63) is 65.7 Å². The molecular weight excluding hydrogens is 1050 g/mol. The maximum Gasteiger partial charge on any atom is 0.246 e. The van der Waals surface area contributed by atoms with Crippen LogP contribution in [0.15, 0.2) is 54.6 Å². The van der Waals surface area contributed by atoms with Gasteiger partial charge in [-0.15, -0.1) is 0 Å². The number of nitrogens with zero attached hydrogens (tertiary/aromatic N) is 4. The highest BCUT2D eigenvalue weighted by Crippen LogP contribution is 2.30. The lowest BCUT2D eigenvalue weighted by Crippen LogP contribution is -2.62. The first-order valence-electron chi connectivity index (χ1n) is 30.0. The average Bonchev–Trinajstić information content (AvgIpc) is 4.38.